The predicted molar refractivity (Wildman–Crippen MR) is 74.2 cm³/mol. The number of nitrogens with one attached hydrogen (secondary N) is 1. The second-order valence-corrected chi connectivity index (χ2v) is 5.29. The van der Waals surface area contributed by atoms with Crippen LogP contribution in [-0.4, -0.2) is 9.97 Å². The van der Waals surface area contributed by atoms with Crippen molar-refractivity contribution in [3.05, 3.63) is 52.3 Å². The lowest BCUT2D eigenvalue weighted by Crippen LogP contribution is -2.04. The van der Waals surface area contributed by atoms with Crippen molar-refractivity contribution >= 4 is 27.0 Å². The number of halogens is 5. The van der Waals surface area contributed by atoms with E-state index in [-0.39, 0.29) is 5.52 Å². The topological polar surface area (TPSA) is 28.7 Å². The molecule has 0 bridgehead atoms. The van der Waals surface area contributed by atoms with Crippen molar-refractivity contribution in [3.8, 4) is 11.4 Å². The third-order valence-corrected chi connectivity index (χ3v) is 3.65. The van der Waals surface area contributed by atoms with E-state index >= 15 is 0 Å². The van der Waals surface area contributed by atoms with Gasteiger partial charge in [-0.2, -0.15) is 13.2 Å². The molecular formula is C14H7BrF4N2. The Morgan fingerprint density at radius 2 is 1.81 bits per heavy atom. The normalized spacial score (nSPS) is 12.0. The first-order valence-corrected chi connectivity index (χ1v) is 6.66. The van der Waals surface area contributed by atoms with Crippen LogP contribution in [0.2, 0.25) is 0 Å². The van der Waals surface area contributed by atoms with Gasteiger partial charge in [0, 0.05) is 10.0 Å². The average Bonchev–Trinajstić information content (AvgIpc) is 2.79. The molecule has 1 N–H and O–H groups in total. The fourth-order valence-corrected chi connectivity index (χ4v) is 2.53. The van der Waals surface area contributed by atoms with Crippen LogP contribution in [0.25, 0.3) is 22.4 Å². The first-order valence-electron chi connectivity index (χ1n) is 5.87. The minimum absolute atomic E-state index is 0.274. The fourth-order valence-electron chi connectivity index (χ4n) is 2.00. The molecule has 0 saturated heterocycles. The van der Waals surface area contributed by atoms with Crippen LogP contribution < -0.4 is 0 Å². The van der Waals surface area contributed by atoms with Crippen molar-refractivity contribution < 1.29 is 17.6 Å². The quantitative estimate of drug-likeness (QED) is 0.598. The van der Waals surface area contributed by atoms with Gasteiger partial charge in [0.15, 0.2) is 0 Å². The molecule has 0 aliphatic carbocycles. The highest BCUT2D eigenvalue weighted by Gasteiger charge is 2.30. The zero-order valence-electron chi connectivity index (χ0n) is 10.3. The van der Waals surface area contributed by atoms with Crippen molar-refractivity contribution in [2.24, 2.45) is 0 Å². The number of imidazole rings is 1. The summed E-state index contributed by atoms with van der Waals surface area (Å²) in [6, 6.07) is 7.31. The van der Waals surface area contributed by atoms with E-state index in [4.69, 9.17) is 0 Å². The van der Waals surface area contributed by atoms with Gasteiger partial charge in [-0.05, 0) is 52.3 Å². The Labute approximate surface area is 124 Å². The van der Waals surface area contributed by atoms with Gasteiger partial charge in [-0.1, -0.05) is 0 Å². The molecule has 0 aliphatic rings. The van der Waals surface area contributed by atoms with Gasteiger partial charge >= 0.3 is 6.18 Å². The fraction of sp³-hybridized carbons (Fsp3) is 0.0714. The van der Waals surface area contributed by atoms with Gasteiger partial charge in [0.1, 0.15) is 11.6 Å². The summed E-state index contributed by atoms with van der Waals surface area (Å²) in [7, 11) is 0. The van der Waals surface area contributed by atoms with Crippen molar-refractivity contribution in [1.82, 2.24) is 9.97 Å². The average molecular weight is 359 g/mol. The Morgan fingerprint density at radius 1 is 1.05 bits per heavy atom. The maximum atomic E-state index is 13.1. The number of H-pyrrole nitrogens is 1. The van der Waals surface area contributed by atoms with Gasteiger partial charge in [-0.15, -0.1) is 0 Å². The Kier molecular flexibility index (Phi) is 3.24. The van der Waals surface area contributed by atoms with Gasteiger partial charge < -0.3 is 4.98 Å². The molecule has 0 atom stereocenters. The van der Waals surface area contributed by atoms with E-state index in [2.05, 4.69) is 25.9 Å². The first-order chi connectivity index (χ1) is 9.84. The second kappa shape index (κ2) is 4.84. The molecule has 0 fully saturated rings. The van der Waals surface area contributed by atoms with Gasteiger partial charge in [-0.3, -0.25) is 0 Å². The van der Waals surface area contributed by atoms with Crippen molar-refractivity contribution in [2.75, 3.05) is 0 Å². The number of benzene rings is 2. The van der Waals surface area contributed by atoms with Crippen LogP contribution >= 0.6 is 15.9 Å². The summed E-state index contributed by atoms with van der Waals surface area (Å²) in [4.78, 5) is 7.04. The number of hydrogen-bond donors (Lipinski definition) is 1. The lowest BCUT2D eigenvalue weighted by molar-refractivity contribution is -0.137. The molecule has 0 saturated carbocycles. The third-order valence-electron chi connectivity index (χ3n) is 3.00. The molecule has 108 valence electrons. The number of hydrogen-bond acceptors (Lipinski definition) is 1. The monoisotopic (exact) mass is 358 g/mol. The number of fused-ring (bicyclic) bond motifs is 1. The molecule has 0 amide bonds. The largest absolute Gasteiger partial charge is 0.416 e. The SMILES string of the molecule is Fc1ccc(-c2nc3ccc(C(F)(F)F)cc3[nH]2)c(Br)c1. The molecule has 2 nitrogen and oxygen atoms in total. The van der Waals surface area contributed by atoms with E-state index in [0.29, 0.717) is 21.4 Å². The minimum atomic E-state index is -4.41. The summed E-state index contributed by atoms with van der Waals surface area (Å²) in [6.45, 7) is 0. The summed E-state index contributed by atoms with van der Waals surface area (Å²) in [5, 5.41) is 0. The maximum absolute atomic E-state index is 13.1. The Hall–Kier alpha value is -1.89. The molecule has 0 radical (unpaired) electrons. The van der Waals surface area contributed by atoms with Gasteiger partial charge in [0.25, 0.3) is 0 Å². The summed E-state index contributed by atoms with van der Waals surface area (Å²) < 4.78 is 51.5. The third kappa shape index (κ3) is 2.65. The Morgan fingerprint density at radius 3 is 2.48 bits per heavy atom. The van der Waals surface area contributed by atoms with E-state index < -0.39 is 17.6 Å². The van der Waals surface area contributed by atoms with Crippen molar-refractivity contribution in [1.29, 1.82) is 0 Å². The number of aromatic amines is 1. The second-order valence-electron chi connectivity index (χ2n) is 4.44. The molecule has 1 aromatic heterocycles. The van der Waals surface area contributed by atoms with E-state index in [1.165, 1.54) is 24.3 Å². The van der Waals surface area contributed by atoms with E-state index in [0.717, 1.165) is 12.1 Å². The minimum Gasteiger partial charge on any atom is -0.338 e. The summed E-state index contributed by atoms with van der Waals surface area (Å²) in [6.07, 6.45) is -4.41. The van der Waals surface area contributed by atoms with Crippen LogP contribution in [0.3, 0.4) is 0 Å². The van der Waals surface area contributed by atoms with E-state index in [1.54, 1.807) is 0 Å². The standard InChI is InChI=1S/C14H7BrF4N2/c15-10-6-8(16)2-3-9(10)13-20-11-4-1-7(14(17,18)19)5-12(11)21-13/h1-6H,(H,20,21). The molecule has 0 unspecified atom stereocenters. The highest BCUT2D eigenvalue weighted by Crippen LogP contribution is 2.33. The van der Waals surface area contributed by atoms with Gasteiger partial charge in [0.05, 0.1) is 16.6 Å². The van der Waals surface area contributed by atoms with Gasteiger partial charge in [-0.25, -0.2) is 9.37 Å². The highest BCUT2D eigenvalue weighted by molar-refractivity contribution is 9.10. The Bertz CT molecular complexity index is 823. The van der Waals surface area contributed by atoms with E-state index in [9.17, 15) is 17.6 Å². The summed E-state index contributed by atoms with van der Waals surface area (Å²) in [5.41, 5.74) is 0.509. The summed E-state index contributed by atoms with van der Waals surface area (Å²) in [5.74, 6) is -0.0442. The van der Waals surface area contributed by atoms with E-state index in [1.807, 2.05) is 0 Å². The Balaban J connectivity index is 2.13. The maximum Gasteiger partial charge on any atom is 0.416 e. The molecular weight excluding hydrogens is 352 g/mol. The molecule has 0 aliphatic heterocycles. The highest BCUT2D eigenvalue weighted by atomic mass is 79.9. The lowest BCUT2D eigenvalue weighted by Gasteiger charge is -2.05. The zero-order valence-corrected chi connectivity index (χ0v) is 11.9. The number of nitrogens with zero attached hydrogens (tertiary/aromatic N) is 1. The van der Waals surface area contributed by atoms with Crippen LogP contribution in [0.5, 0.6) is 0 Å². The molecule has 2 aromatic carbocycles. The van der Waals surface area contributed by atoms with Crippen molar-refractivity contribution in [2.45, 2.75) is 6.18 Å². The van der Waals surface area contributed by atoms with Crippen LogP contribution in [0.1, 0.15) is 5.56 Å². The first kappa shape index (κ1) is 14.1. The van der Waals surface area contributed by atoms with Crippen LogP contribution in [0, 0.1) is 5.82 Å². The van der Waals surface area contributed by atoms with Crippen LogP contribution in [-0.2, 0) is 6.18 Å². The molecule has 3 rings (SSSR count). The van der Waals surface area contributed by atoms with Crippen LogP contribution in [0.4, 0.5) is 17.6 Å². The van der Waals surface area contributed by atoms with Crippen molar-refractivity contribution in [3.63, 3.8) is 0 Å². The van der Waals surface area contributed by atoms with Gasteiger partial charge in [0.2, 0.25) is 0 Å². The number of alkyl halides is 3. The zero-order chi connectivity index (χ0) is 15.2. The molecule has 7 heteroatoms. The summed E-state index contributed by atoms with van der Waals surface area (Å²) >= 11 is 3.21. The number of rotatable bonds is 1. The smallest absolute Gasteiger partial charge is 0.338 e. The molecule has 0 spiro atoms. The molecule has 1 heterocycles. The number of aromatic nitrogens is 2. The predicted octanol–water partition coefficient (Wildman–Crippen LogP) is 5.15. The molecule has 3 aromatic rings. The lowest BCUT2D eigenvalue weighted by atomic mass is 10.2. The van der Waals surface area contributed by atoms with Crippen LogP contribution in [0.15, 0.2) is 40.9 Å². The molecule has 21 heavy (non-hydrogen) atoms.